The molecule has 38 heavy (non-hydrogen) atoms. The molecule has 4 heterocycles. The molecule has 0 aliphatic carbocycles. The van der Waals surface area contributed by atoms with Gasteiger partial charge in [0.1, 0.15) is 12.4 Å². The zero-order chi connectivity index (χ0) is 26.2. The number of carbonyl (C=O) groups is 2. The first kappa shape index (κ1) is 26.2. The number of piperidine rings is 1. The number of benzene rings is 1. The Morgan fingerprint density at radius 1 is 1.11 bits per heavy atom. The summed E-state index contributed by atoms with van der Waals surface area (Å²) in [6.07, 6.45) is 8.91. The Kier molecular flexibility index (Phi) is 8.88. The molecule has 3 aliphatic rings. The highest BCUT2D eigenvalue weighted by molar-refractivity contribution is 5.79. The third kappa shape index (κ3) is 6.90. The number of hydrogen-bond acceptors (Lipinski definition) is 7. The fourth-order valence-electron chi connectivity index (χ4n) is 5.49. The van der Waals surface area contributed by atoms with Crippen LogP contribution < -0.4 is 25.6 Å². The fraction of sp³-hybridized carbons (Fsp3) is 0.483. The number of pyridine rings is 1. The fourth-order valence-corrected chi connectivity index (χ4v) is 5.49. The number of carbonyl (C=O) groups excluding carboxylic acids is 2. The monoisotopic (exact) mass is 518 g/mol. The van der Waals surface area contributed by atoms with Crippen molar-refractivity contribution in [2.75, 3.05) is 57.3 Å². The molecular weight excluding hydrogens is 480 g/mol. The molecule has 0 radical (unpaired) electrons. The van der Waals surface area contributed by atoms with E-state index in [1.54, 1.807) is 12.4 Å². The summed E-state index contributed by atoms with van der Waals surface area (Å²) in [4.78, 5) is 34.2. The number of nitrogens with one attached hydrogen (secondary N) is 3. The predicted octanol–water partition coefficient (Wildman–Crippen LogP) is 1.70. The normalized spacial score (nSPS) is 23.2. The van der Waals surface area contributed by atoms with Gasteiger partial charge in [-0.3, -0.25) is 14.6 Å². The largest absolute Gasteiger partial charge is 0.489 e. The van der Waals surface area contributed by atoms with Crippen LogP contribution in [-0.2, 0) is 22.7 Å². The van der Waals surface area contributed by atoms with Crippen molar-refractivity contribution in [1.82, 2.24) is 25.8 Å². The third-order valence-electron chi connectivity index (χ3n) is 7.66. The molecule has 3 aliphatic heterocycles. The van der Waals surface area contributed by atoms with Crippen LogP contribution in [0, 0.1) is 11.8 Å². The molecule has 2 amide bonds. The summed E-state index contributed by atoms with van der Waals surface area (Å²) >= 11 is 0. The van der Waals surface area contributed by atoms with Gasteiger partial charge < -0.3 is 30.5 Å². The molecule has 0 unspecified atom stereocenters. The van der Waals surface area contributed by atoms with E-state index in [2.05, 4.69) is 44.0 Å². The van der Waals surface area contributed by atoms with Crippen molar-refractivity contribution in [3.05, 3.63) is 66.0 Å². The van der Waals surface area contributed by atoms with Gasteiger partial charge in [-0.05, 0) is 48.1 Å². The maximum absolute atomic E-state index is 13.0. The molecule has 0 spiro atoms. The Bertz CT molecular complexity index is 1120. The minimum Gasteiger partial charge on any atom is -0.489 e. The topological polar surface area (TPSA) is 98.8 Å². The maximum Gasteiger partial charge on any atom is 0.236 e. The highest BCUT2D eigenvalue weighted by atomic mass is 16.5. The average molecular weight is 519 g/mol. The van der Waals surface area contributed by atoms with E-state index in [1.807, 2.05) is 29.2 Å². The number of rotatable bonds is 5. The van der Waals surface area contributed by atoms with Crippen molar-refractivity contribution in [2.24, 2.45) is 11.8 Å². The molecule has 9 nitrogen and oxygen atoms in total. The van der Waals surface area contributed by atoms with Crippen molar-refractivity contribution < 1.29 is 14.3 Å². The van der Waals surface area contributed by atoms with Crippen molar-refractivity contribution in [3.8, 4) is 5.75 Å². The summed E-state index contributed by atoms with van der Waals surface area (Å²) < 4.78 is 6.17. The van der Waals surface area contributed by atoms with Crippen molar-refractivity contribution in [3.63, 3.8) is 0 Å². The number of ether oxygens (including phenoxy) is 1. The summed E-state index contributed by atoms with van der Waals surface area (Å²) in [6.45, 7) is 6.99. The van der Waals surface area contributed by atoms with Crippen molar-refractivity contribution >= 4 is 17.5 Å². The zero-order valence-electron chi connectivity index (χ0n) is 21.9. The summed E-state index contributed by atoms with van der Waals surface area (Å²) in [5.74, 6) is 1.25. The molecule has 2 aromatic rings. The van der Waals surface area contributed by atoms with Crippen molar-refractivity contribution in [1.29, 1.82) is 0 Å². The van der Waals surface area contributed by atoms with Crippen LogP contribution in [0.4, 0.5) is 5.69 Å². The lowest BCUT2D eigenvalue weighted by Gasteiger charge is -2.37. The lowest BCUT2D eigenvalue weighted by Crippen LogP contribution is -2.47. The number of anilines is 1. The highest BCUT2D eigenvalue weighted by Crippen LogP contribution is 2.29. The van der Waals surface area contributed by atoms with Gasteiger partial charge in [-0.15, -0.1) is 0 Å². The molecule has 2 fully saturated rings. The molecule has 2 bridgehead atoms. The maximum atomic E-state index is 13.0. The van der Waals surface area contributed by atoms with Gasteiger partial charge in [0.2, 0.25) is 11.8 Å². The minimum absolute atomic E-state index is 0.0297. The number of fused-ring (bicyclic) bond motifs is 3. The lowest BCUT2D eigenvalue weighted by atomic mass is 9.82. The molecule has 1 aromatic carbocycles. The number of piperazine rings is 1. The van der Waals surface area contributed by atoms with Crippen LogP contribution in [0.3, 0.4) is 0 Å². The zero-order valence-corrected chi connectivity index (χ0v) is 21.9. The number of amides is 2. The first-order valence-electron chi connectivity index (χ1n) is 13.7. The molecular formula is C29H38N6O3. The SMILES string of the molecule is O=C(C[C@@H]1CCN2C[C@@H]1/C=C\COc1ccc(N3CCNCC3)cc1CNCC2=O)NCc1cccnc1. The second-order valence-electron chi connectivity index (χ2n) is 10.3. The van der Waals surface area contributed by atoms with Crippen LogP contribution >= 0.6 is 0 Å². The number of aromatic nitrogens is 1. The molecule has 9 heteroatoms. The third-order valence-corrected chi connectivity index (χ3v) is 7.66. The minimum atomic E-state index is 0.0297. The Morgan fingerprint density at radius 3 is 2.84 bits per heavy atom. The molecule has 2 saturated heterocycles. The van der Waals surface area contributed by atoms with E-state index in [0.717, 1.165) is 49.5 Å². The summed E-state index contributed by atoms with van der Waals surface area (Å²) in [7, 11) is 0. The summed E-state index contributed by atoms with van der Waals surface area (Å²) in [5, 5.41) is 9.76. The Balaban J connectivity index is 1.24. The standard InChI is InChI=1S/C29H38N6O3/c36-28(33-18-22-3-1-8-31-17-22)16-23-7-11-35-21-24(23)4-2-14-38-27-6-5-26(34-12-9-30-10-13-34)15-25(27)19-32-20-29(35)37/h1-6,8,15,17,23-24,30,32H,7,9-14,16,18-21H2,(H,33,36)/b4-2-/t23-,24-/m0/s1. The van der Waals surface area contributed by atoms with E-state index in [0.29, 0.717) is 39.2 Å². The van der Waals surface area contributed by atoms with Crippen LogP contribution in [0.2, 0.25) is 0 Å². The van der Waals surface area contributed by atoms with Gasteiger partial charge in [-0.25, -0.2) is 0 Å². The Morgan fingerprint density at radius 2 is 2.00 bits per heavy atom. The van der Waals surface area contributed by atoms with Gasteiger partial charge in [0.25, 0.3) is 0 Å². The quantitative estimate of drug-likeness (QED) is 0.519. The second kappa shape index (κ2) is 12.9. The summed E-state index contributed by atoms with van der Waals surface area (Å²) in [5.41, 5.74) is 3.22. The second-order valence-corrected chi connectivity index (χ2v) is 10.3. The molecule has 3 N–H and O–H groups in total. The van der Waals surface area contributed by atoms with Gasteiger partial charge in [0, 0.05) is 82.4 Å². The van der Waals surface area contributed by atoms with E-state index in [4.69, 9.17) is 4.74 Å². The number of hydrogen-bond donors (Lipinski definition) is 3. The lowest BCUT2D eigenvalue weighted by molar-refractivity contribution is -0.132. The smallest absolute Gasteiger partial charge is 0.236 e. The van der Waals surface area contributed by atoms with Gasteiger partial charge in [-0.2, -0.15) is 0 Å². The van der Waals surface area contributed by atoms with Crippen LogP contribution in [0.5, 0.6) is 5.75 Å². The van der Waals surface area contributed by atoms with E-state index in [1.165, 1.54) is 5.69 Å². The molecule has 0 saturated carbocycles. The van der Waals surface area contributed by atoms with Crippen LogP contribution in [0.25, 0.3) is 0 Å². The van der Waals surface area contributed by atoms with Crippen LogP contribution in [0.15, 0.2) is 54.9 Å². The first-order chi connectivity index (χ1) is 18.7. The predicted molar refractivity (Wildman–Crippen MR) is 147 cm³/mol. The highest BCUT2D eigenvalue weighted by Gasteiger charge is 2.31. The first-order valence-corrected chi connectivity index (χ1v) is 13.7. The van der Waals surface area contributed by atoms with E-state index >= 15 is 0 Å². The van der Waals surface area contributed by atoms with Crippen molar-refractivity contribution in [2.45, 2.75) is 25.9 Å². The summed E-state index contributed by atoms with van der Waals surface area (Å²) in [6, 6.07) is 10.2. The Labute approximate surface area is 224 Å². The van der Waals surface area contributed by atoms with E-state index in [9.17, 15) is 9.59 Å². The van der Waals surface area contributed by atoms with Gasteiger partial charge >= 0.3 is 0 Å². The van der Waals surface area contributed by atoms with Gasteiger partial charge in [0.15, 0.2) is 0 Å². The number of nitrogens with zero attached hydrogens (tertiary/aromatic N) is 3. The van der Waals surface area contributed by atoms with Gasteiger partial charge in [0.05, 0.1) is 6.54 Å². The van der Waals surface area contributed by atoms with E-state index in [-0.39, 0.29) is 30.2 Å². The van der Waals surface area contributed by atoms with E-state index < -0.39 is 0 Å². The Hall–Kier alpha value is -3.43. The van der Waals surface area contributed by atoms with Gasteiger partial charge in [-0.1, -0.05) is 18.2 Å². The average Bonchev–Trinajstić information content (AvgIpc) is 2.97. The molecule has 2 atom stereocenters. The molecule has 1 aromatic heterocycles. The van der Waals surface area contributed by atoms with Crippen LogP contribution in [-0.4, -0.2) is 74.1 Å². The molecule has 5 rings (SSSR count). The molecule has 202 valence electrons. The van der Waals surface area contributed by atoms with Crippen LogP contribution in [0.1, 0.15) is 24.0 Å².